The van der Waals surface area contributed by atoms with E-state index in [1.807, 2.05) is 91.8 Å². The number of nitrogens with one attached hydrogen (secondary N) is 2. The quantitative estimate of drug-likeness (QED) is 0.468. The molecule has 0 aliphatic rings. The molecule has 1 aromatic rings. The van der Waals surface area contributed by atoms with Crippen LogP contribution in [0.5, 0.6) is 0 Å². The lowest BCUT2D eigenvalue weighted by molar-refractivity contribution is -0.140. The molecule has 0 aromatic heterocycles. The van der Waals surface area contributed by atoms with Gasteiger partial charge in [0.25, 0.3) is 0 Å². The zero-order valence-corrected chi connectivity index (χ0v) is 22.2. The third-order valence-electron chi connectivity index (χ3n) is 6.37. The number of hydrogen-bond acceptors (Lipinski definition) is 4. The third kappa shape index (κ3) is 7.41. The molecule has 0 saturated heterocycles. The predicted molar refractivity (Wildman–Crippen MR) is 136 cm³/mol. The van der Waals surface area contributed by atoms with Crippen molar-refractivity contribution in [2.75, 3.05) is 20.7 Å². The van der Waals surface area contributed by atoms with Gasteiger partial charge in [0, 0.05) is 12.5 Å². The molecule has 0 aliphatic carbocycles. The van der Waals surface area contributed by atoms with E-state index in [1.54, 1.807) is 19.0 Å². The molecule has 1 aromatic carbocycles. The monoisotopic (exact) mass is 459 g/mol. The number of carbonyl (C=O) groups is 2. The molecule has 0 heterocycles. The van der Waals surface area contributed by atoms with Gasteiger partial charge in [-0.15, -0.1) is 0 Å². The first kappa shape index (κ1) is 28.9. The fraction of sp³-hybridized carbons (Fsp3) is 0.630. The Morgan fingerprint density at radius 2 is 1.61 bits per heavy atom. The van der Waals surface area contributed by atoms with Crippen LogP contribution in [0, 0.1) is 11.3 Å². The number of rotatable bonds is 10. The summed E-state index contributed by atoms with van der Waals surface area (Å²) in [6, 6.07) is 8.49. The van der Waals surface area contributed by atoms with Gasteiger partial charge in [0.05, 0.1) is 18.7 Å². The van der Waals surface area contributed by atoms with Crippen LogP contribution in [0.2, 0.25) is 0 Å². The summed E-state index contributed by atoms with van der Waals surface area (Å²) >= 11 is 0. The summed E-state index contributed by atoms with van der Waals surface area (Å²) in [6.45, 7) is 15.8. The van der Waals surface area contributed by atoms with Crippen molar-refractivity contribution >= 4 is 11.8 Å². The van der Waals surface area contributed by atoms with Crippen molar-refractivity contribution in [1.82, 2.24) is 15.5 Å². The first-order valence-electron chi connectivity index (χ1n) is 11.8. The standard InChI is InChI=1S/C27H45N3O3/c1-18(2)21(16-19(3)17-31)30(10)25(33)23(26(4,5)6)29-24(32)22(28-9)27(7,8)20-14-12-11-13-15-20/h11-16,18,21-23,28,31H,17H2,1-10H3,(H,29,32)/b19-16+/t21-,22-,23+/m1/s1. The number of hydrogen-bond donors (Lipinski definition) is 3. The Morgan fingerprint density at radius 1 is 1.06 bits per heavy atom. The molecular weight excluding hydrogens is 414 g/mol. The van der Waals surface area contributed by atoms with E-state index >= 15 is 0 Å². The van der Waals surface area contributed by atoms with Gasteiger partial charge < -0.3 is 20.6 Å². The lowest BCUT2D eigenvalue weighted by Crippen LogP contribution is -2.61. The molecule has 2 amide bonds. The average molecular weight is 460 g/mol. The second kappa shape index (κ2) is 11.8. The molecule has 3 N–H and O–H groups in total. The lowest BCUT2D eigenvalue weighted by atomic mass is 9.76. The summed E-state index contributed by atoms with van der Waals surface area (Å²) in [6.07, 6.45) is 1.93. The number of benzene rings is 1. The minimum absolute atomic E-state index is 0.0525. The van der Waals surface area contributed by atoms with Crippen LogP contribution in [0.25, 0.3) is 0 Å². The molecule has 6 nitrogen and oxygen atoms in total. The molecule has 1 rings (SSSR count). The summed E-state index contributed by atoms with van der Waals surface area (Å²) in [5, 5.41) is 15.7. The van der Waals surface area contributed by atoms with Crippen LogP contribution in [-0.2, 0) is 15.0 Å². The van der Waals surface area contributed by atoms with Gasteiger partial charge in [-0.3, -0.25) is 9.59 Å². The fourth-order valence-corrected chi connectivity index (χ4v) is 4.17. The number of aliphatic hydroxyl groups excluding tert-OH is 1. The smallest absolute Gasteiger partial charge is 0.245 e. The Labute approximate surface area is 200 Å². The van der Waals surface area contributed by atoms with Gasteiger partial charge in [-0.1, -0.05) is 90.4 Å². The van der Waals surface area contributed by atoms with E-state index in [1.165, 1.54) is 0 Å². The molecule has 33 heavy (non-hydrogen) atoms. The van der Waals surface area contributed by atoms with E-state index in [0.717, 1.165) is 11.1 Å². The van der Waals surface area contributed by atoms with Crippen molar-refractivity contribution in [3.8, 4) is 0 Å². The second-order valence-corrected chi connectivity index (χ2v) is 11.0. The largest absolute Gasteiger partial charge is 0.392 e. The molecule has 3 atom stereocenters. The number of likely N-dealkylation sites (N-methyl/N-ethyl adjacent to an activating group) is 2. The van der Waals surface area contributed by atoms with Crippen LogP contribution in [0.4, 0.5) is 0 Å². The molecule has 0 bridgehead atoms. The number of nitrogens with zero attached hydrogens (tertiary/aromatic N) is 1. The normalized spacial score (nSPS) is 15.7. The predicted octanol–water partition coefficient (Wildman–Crippen LogP) is 3.50. The summed E-state index contributed by atoms with van der Waals surface area (Å²) in [5.74, 6) is -0.209. The highest BCUT2D eigenvalue weighted by Crippen LogP contribution is 2.29. The number of aliphatic hydroxyl groups is 1. The van der Waals surface area contributed by atoms with Crippen LogP contribution < -0.4 is 10.6 Å². The van der Waals surface area contributed by atoms with Gasteiger partial charge >= 0.3 is 0 Å². The van der Waals surface area contributed by atoms with Gasteiger partial charge in [0.15, 0.2) is 0 Å². The minimum atomic E-state index is -0.707. The van der Waals surface area contributed by atoms with E-state index < -0.39 is 22.9 Å². The molecule has 186 valence electrons. The summed E-state index contributed by atoms with van der Waals surface area (Å²) in [4.78, 5) is 28.9. The summed E-state index contributed by atoms with van der Waals surface area (Å²) < 4.78 is 0. The van der Waals surface area contributed by atoms with Crippen molar-refractivity contribution < 1.29 is 14.7 Å². The van der Waals surface area contributed by atoms with E-state index in [4.69, 9.17) is 0 Å². The van der Waals surface area contributed by atoms with Crippen molar-refractivity contribution in [2.24, 2.45) is 11.3 Å². The molecular formula is C27H45N3O3. The van der Waals surface area contributed by atoms with E-state index in [2.05, 4.69) is 10.6 Å². The highest BCUT2D eigenvalue weighted by Gasteiger charge is 2.41. The van der Waals surface area contributed by atoms with Crippen molar-refractivity contribution in [3.63, 3.8) is 0 Å². The second-order valence-electron chi connectivity index (χ2n) is 11.0. The van der Waals surface area contributed by atoms with Crippen LogP contribution in [0.1, 0.15) is 61.0 Å². The van der Waals surface area contributed by atoms with Crippen LogP contribution in [-0.4, -0.2) is 60.6 Å². The van der Waals surface area contributed by atoms with E-state index in [-0.39, 0.29) is 30.4 Å². The highest BCUT2D eigenvalue weighted by atomic mass is 16.3. The van der Waals surface area contributed by atoms with Gasteiger partial charge in [-0.25, -0.2) is 0 Å². The van der Waals surface area contributed by atoms with E-state index in [9.17, 15) is 14.7 Å². The maximum Gasteiger partial charge on any atom is 0.245 e. The molecule has 0 fully saturated rings. The highest BCUT2D eigenvalue weighted by molar-refractivity contribution is 5.91. The number of carbonyl (C=O) groups excluding carboxylic acids is 2. The Kier molecular flexibility index (Phi) is 10.3. The zero-order chi connectivity index (χ0) is 25.6. The Morgan fingerprint density at radius 3 is 2.03 bits per heavy atom. The van der Waals surface area contributed by atoms with Crippen molar-refractivity contribution in [2.45, 2.75) is 78.9 Å². The van der Waals surface area contributed by atoms with Gasteiger partial charge in [-0.2, -0.15) is 0 Å². The van der Waals surface area contributed by atoms with Crippen LogP contribution in [0.15, 0.2) is 42.0 Å². The Balaban J connectivity index is 3.25. The zero-order valence-electron chi connectivity index (χ0n) is 22.2. The summed E-state index contributed by atoms with van der Waals surface area (Å²) in [5.41, 5.74) is 0.871. The van der Waals surface area contributed by atoms with Crippen molar-refractivity contribution in [3.05, 3.63) is 47.5 Å². The van der Waals surface area contributed by atoms with Crippen molar-refractivity contribution in [1.29, 1.82) is 0 Å². The average Bonchev–Trinajstić information content (AvgIpc) is 2.74. The lowest BCUT2D eigenvalue weighted by Gasteiger charge is -2.40. The molecule has 0 saturated carbocycles. The van der Waals surface area contributed by atoms with Gasteiger partial charge in [0.2, 0.25) is 11.8 Å². The Hall–Kier alpha value is -2.18. The van der Waals surface area contributed by atoms with Crippen LogP contribution in [0.3, 0.4) is 0 Å². The van der Waals surface area contributed by atoms with Crippen LogP contribution >= 0.6 is 0 Å². The Bertz CT molecular complexity index is 810. The molecule has 0 radical (unpaired) electrons. The van der Waals surface area contributed by atoms with E-state index in [0.29, 0.717) is 0 Å². The third-order valence-corrected chi connectivity index (χ3v) is 6.37. The first-order chi connectivity index (χ1) is 15.2. The van der Waals surface area contributed by atoms with Gasteiger partial charge in [0.1, 0.15) is 6.04 Å². The summed E-state index contributed by atoms with van der Waals surface area (Å²) in [7, 11) is 3.54. The van der Waals surface area contributed by atoms with Gasteiger partial charge in [-0.05, 0) is 30.9 Å². The molecule has 6 heteroatoms. The SMILES string of the molecule is CN[C@H](C(=O)N[C@@H](C(=O)N(C)[C@H](/C=C(\C)CO)C(C)C)C(C)(C)C)C(C)(C)c1ccccc1. The maximum absolute atomic E-state index is 13.7. The maximum atomic E-state index is 13.7. The fourth-order valence-electron chi connectivity index (χ4n) is 4.17. The molecule has 0 unspecified atom stereocenters. The molecule has 0 aliphatic heterocycles. The first-order valence-corrected chi connectivity index (χ1v) is 11.8. The molecule has 0 spiro atoms. The number of amides is 2. The topological polar surface area (TPSA) is 81.7 Å². The minimum Gasteiger partial charge on any atom is -0.392 e.